The average molecular weight is 478 g/mol. The fraction of sp³-hybridized carbons (Fsp3) is 0.280. The Hall–Kier alpha value is -3.59. The first-order valence-electron chi connectivity index (χ1n) is 11.1. The number of anilines is 2. The van der Waals surface area contributed by atoms with Crippen LogP contribution >= 0.6 is 12.2 Å². The van der Waals surface area contributed by atoms with Crippen molar-refractivity contribution in [1.82, 2.24) is 24.3 Å². The standard InChI is InChI=1S/C25H28FN7S/c1-19-5-8-23(17-28-19)33-24(18-31(3)21-9-6-20(26)7-10-21)29-32(25(33)34)16-4-15-30(2)22-11-13-27-14-12-22/h5-14,17H,4,15-16,18H2,1-3H3. The second kappa shape index (κ2) is 10.6. The molecule has 0 spiro atoms. The third-order valence-electron chi connectivity index (χ3n) is 5.67. The van der Waals surface area contributed by atoms with Crippen LogP contribution in [-0.2, 0) is 13.1 Å². The highest BCUT2D eigenvalue weighted by Crippen LogP contribution is 2.19. The van der Waals surface area contributed by atoms with E-state index in [9.17, 15) is 4.39 Å². The van der Waals surface area contributed by atoms with E-state index in [2.05, 4.69) is 21.9 Å². The van der Waals surface area contributed by atoms with E-state index in [0.717, 1.165) is 41.5 Å². The highest BCUT2D eigenvalue weighted by atomic mass is 32.1. The summed E-state index contributed by atoms with van der Waals surface area (Å²) >= 11 is 5.83. The van der Waals surface area contributed by atoms with Crippen molar-refractivity contribution in [3.05, 3.63) is 89.2 Å². The predicted molar refractivity (Wildman–Crippen MR) is 136 cm³/mol. The van der Waals surface area contributed by atoms with Crippen LogP contribution in [0.4, 0.5) is 15.8 Å². The van der Waals surface area contributed by atoms with E-state index in [0.29, 0.717) is 17.9 Å². The van der Waals surface area contributed by atoms with E-state index < -0.39 is 0 Å². The molecule has 4 aromatic rings. The smallest absolute Gasteiger partial charge is 0.202 e. The van der Waals surface area contributed by atoms with E-state index in [1.807, 2.05) is 58.6 Å². The van der Waals surface area contributed by atoms with Crippen LogP contribution in [0.3, 0.4) is 0 Å². The van der Waals surface area contributed by atoms with E-state index in [1.54, 1.807) is 24.5 Å². The zero-order valence-corrected chi connectivity index (χ0v) is 20.4. The van der Waals surface area contributed by atoms with Crippen molar-refractivity contribution in [3.63, 3.8) is 0 Å². The van der Waals surface area contributed by atoms with Crippen molar-refractivity contribution in [2.75, 3.05) is 30.4 Å². The van der Waals surface area contributed by atoms with Crippen LogP contribution in [-0.4, -0.2) is 45.0 Å². The number of rotatable bonds is 9. The van der Waals surface area contributed by atoms with Gasteiger partial charge in [-0.25, -0.2) is 9.07 Å². The molecule has 0 amide bonds. The lowest BCUT2D eigenvalue weighted by molar-refractivity contribution is 0.564. The molecule has 3 aromatic heterocycles. The Morgan fingerprint density at radius 3 is 2.32 bits per heavy atom. The normalized spacial score (nSPS) is 10.9. The molecule has 4 rings (SSSR count). The van der Waals surface area contributed by atoms with Gasteiger partial charge in [0.05, 0.1) is 18.4 Å². The van der Waals surface area contributed by atoms with Gasteiger partial charge in [-0.1, -0.05) is 0 Å². The van der Waals surface area contributed by atoms with Gasteiger partial charge in [0, 0.05) is 56.6 Å². The molecule has 0 aliphatic carbocycles. The van der Waals surface area contributed by atoms with Crippen LogP contribution in [0.15, 0.2) is 67.1 Å². The van der Waals surface area contributed by atoms with Crippen LogP contribution < -0.4 is 9.80 Å². The van der Waals surface area contributed by atoms with Crippen LogP contribution in [0.25, 0.3) is 5.69 Å². The third-order valence-corrected chi connectivity index (χ3v) is 6.07. The lowest BCUT2D eigenvalue weighted by Gasteiger charge is -2.19. The fourth-order valence-electron chi connectivity index (χ4n) is 3.74. The number of halogens is 1. The summed E-state index contributed by atoms with van der Waals surface area (Å²) in [4.78, 5) is 12.7. The number of nitrogens with zero attached hydrogens (tertiary/aromatic N) is 7. The minimum atomic E-state index is -0.258. The molecule has 0 fully saturated rings. The van der Waals surface area contributed by atoms with Gasteiger partial charge in [0.15, 0.2) is 5.82 Å². The molecule has 0 saturated heterocycles. The lowest BCUT2D eigenvalue weighted by Crippen LogP contribution is -2.20. The fourth-order valence-corrected chi connectivity index (χ4v) is 4.08. The molecule has 0 atom stereocenters. The second-order valence-electron chi connectivity index (χ2n) is 8.23. The highest BCUT2D eigenvalue weighted by Gasteiger charge is 2.15. The van der Waals surface area contributed by atoms with Gasteiger partial charge in [-0.05, 0) is 74.1 Å². The molecule has 3 heterocycles. The number of aromatic nitrogens is 5. The maximum atomic E-state index is 13.4. The molecule has 0 aliphatic heterocycles. The summed E-state index contributed by atoms with van der Waals surface area (Å²) in [5, 5.41) is 4.86. The van der Waals surface area contributed by atoms with E-state index in [1.165, 1.54) is 12.1 Å². The molecule has 0 bridgehead atoms. The van der Waals surface area contributed by atoms with Gasteiger partial charge < -0.3 is 9.80 Å². The zero-order chi connectivity index (χ0) is 24.1. The summed E-state index contributed by atoms with van der Waals surface area (Å²) in [7, 11) is 4.02. The van der Waals surface area contributed by atoms with Crippen molar-refractivity contribution in [3.8, 4) is 5.69 Å². The quantitative estimate of drug-likeness (QED) is 0.323. The van der Waals surface area contributed by atoms with Gasteiger partial charge in [0.2, 0.25) is 4.77 Å². The van der Waals surface area contributed by atoms with Crippen LogP contribution in [0.2, 0.25) is 0 Å². The maximum absolute atomic E-state index is 13.4. The molecule has 0 saturated carbocycles. The van der Waals surface area contributed by atoms with E-state index in [4.69, 9.17) is 17.3 Å². The molecule has 34 heavy (non-hydrogen) atoms. The Morgan fingerprint density at radius 1 is 0.941 bits per heavy atom. The van der Waals surface area contributed by atoms with Crippen molar-refractivity contribution in [2.24, 2.45) is 0 Å². The maximum Gasteiger partial charge on any atom is 0.202 e. The number of benzene rings is 1. The topological polar surface area (TPSA) is 55.0 Å². The summed E-state index contributed by atoms with van der Waals surface area (Å²) in [6.07, 6.45) is 6.28. The van der Waals surface area contributed by atoms with Gasteiger partial charge >= 0.3 is 0 Å². The SMILES string of the molecule is Cc1ccc(-n2c(CN(C)c3ccc(F)cc3)nn(CCCN(C)c3ccncc3)c2=S)cn1. The largest absolute Gasteiger partial charge is 0.374 e. The Balaban J connectivity index is 1.56. The first-order valence-corrected chi connectivity index (χ1v) is 11.5. The molecule has 1 aromatic carbocycles. The van der Waals surface area contributed by atoms with Crippen molar-refractivity contribution >= 4 is 23.6 Å². The van der Waals surface area contributed by atoms with Gasteiger partial charge in [-0.15, -0.1) is 0 Å². The third kappa shape index (κ3) is 5.48. The molecular weight excluding hydrogens is 449 g/mol. The van der Waals surface area contributed by atoms with Gasteiger partial charge in [0.25, 0.3) is 0 Å². The molecule has 0 radical (unpaired) electrons. The highest BCUT2D eigenvalue weighted by molar-refractivity contribution is 7.71. The van der Waals surface area contributed by atoms with Crippen molar-refractivity contribution < 1.29 is 4.39 Å². The Bertz CT molecular complexity index is 1270. The minimum Gasteiger partial charge on any atom is -0.374 e. The van der Waals surface area contributed by atoms with Gasteiger partial charge in [-0.3, -0.25) is 14.5 Å². The van der Waals surface area contributed by atoms with Crippen molar-refractivity contribution in [1.29, 1.82) is 0 Å². The molecule has 176 valence electrons. The number of hydrogen-bond acceptors (Lipinski definition) is 6. The summed E-state index contributed by atoms with van der Waals surface area (Å²) < 4.78 is 17.8. The molecule has 9 heteroatoms. The zero-order valence-electron chi connectivity index (χ0n) is 19.6. The Labute approximate surface area is 204 Å². The number of hydrogen-bond donors (Lipinski definition) is 0. The van der Waals surface area contributed by atoms with Crippen LogP contribution in [0.5, 0.6) is 0 Å². The first-order chi connectivity index (χ1) is 16.4. The second-order valence-corrected chi connectivity index (χ2v) is 8.59. The molecule has 7 nitrogen and oxygen atoms in total. The number of aryl methyl sites for hydroxylation is 2. The predicted octanol–water partition coefficient (Wildman–Crippen LogP) is 4.80. The lowest BCUT2D eigenvalue weighted by atomic mass is 10.3. The van der Waals surface area contributed by atoms with E-state index in [-0.39, 0.29) is 5.82 Å². The van der Waals surface area contributed by atoms with Crippen LogP contribution in [0, 0.1) is 17.5 Å². The summed E-state index contributed by atoms with van der Waals surface area (Å²) in [6.45, 7) is 4.01. The Morgan fingerprint density at radius 2 is 1.65 bits per heavy atom. The molecule has 0 N–H and O–H groups in total. The average Bonchev–Trinajstić information content (AvgIpc) is 3.15. The molecule has 0 aliphatic rings. The van der Waals surface area contributed by atoms with Gasteiger partial charge in [-0.2, -0.15) is 5.10 Å². The van der Waals surface area contributed by atoms with Gasteiger partial charge in [0.1, 0.15) is 5.82 Å². The van der Waals surface area contributed by atoms with Crippen molar-refractivity contribution in [2.45, 2.75) is 26.4 Å². The summed E-state index contributed by atoms with van der Waals surface area (Å²) in [6, 6.07) is 14.4. The minimum absolute atomic E-state index is 0.258. The first kappa shape index (κ1) is 23.6. The summed E-state index contributed by atoms with van der Waals surface area (Å²) in [5.41, 5.74) is 3.83. The van der Waals surface area contributed by atoms with E-state index >= 15 is 0 Å². The number of pyridine rings is 2. The van der Waals surface area contributed by atoms with Crippen LogP contribution in [0.1, 0.15) is 17.9 Å². The summed E-state index contributed by atoms with van der Waals surface area (Å²) in [5.74, 6) is 0.539. The Kier molecular flexibility index (Phi) is 7.32. The molecular formula is C25H28FN7S. The monoisotopic (exact) mass is 477 g/mol. The molecule has 0 unspecified atom stereocenters.